The lowest BCUT2D eigenvalue weighted by Crippen LogP contribution is -2.41. The number of aromatic nitrogens is 5. The largest absolute Gasteiger partial charge is 0.343 e. The molecule has 29 heavy (non-hydrogen) atoms. The molecule has 4 heterocycles. The van der Waals surface area contributed by atoms with Crippen molar-refractivity contribution >= 4 is 11.8 Å². The molecule has 0 N–H and O–H groups in total. The summed E-state index contributed by atoms with van der Waals surface area (Å²) in [6.45, 7) is 7.42. The van der Waals surface area contributed by atoms with E-state index < -0.39 is 0 Å². The van der Waals surface area contributed by atoms with Crippen LogP contribution in [0, 0.1) is 5.92 Å². The molecule has 1 saturated heterocycles. The number of rotatable bonds is 4. The highest BCUT2D eigenvalue weighted by Gasteiger charge is 2.31. The van der Waals surface area contributed by atoms with Crippen LogP contribution in [-0.4, -0.2) is 66.0 Å². The zero-order chi connectivity index (χ0) is 20.4. The van der Waals surface area contributed by atoms with Crippen molar-refractivity contribution in [2.45, 2.75) is 52.1 Å². The van der Waals surface area contributed by atoms with Crippen molar-refractivity contribution in [3.8, 4) is 0 Å². The molecule has 9 heteroatoms. The monoisotopic (exact) mass is 397 g/mol. The summed E-state index contributed by atoms with van der Waals surface area (Å²) in [6, 6.07) is 1.63. The Morgan fingerprint density at radius 3 is 2.59 bits per heavy atom. The lowest BCUT2D eigenvalue weighted by molar-refractivity contribution is -0.133. The molecule has 0 radical (unpaired) electrons. The Morgan fingerprint density at radius 1 is 1.10 bits per heavy atom. The molecule has 9 nitrogen and oxygen atoms in total. The summed E-state index contributed by atoms with van der Waals surface area (Å²) in [5.74, 6) is 2.64. The van der Waals surface area contributed by atoms with E-state index in [0.29, 0.717) is 43.6 Å². The Hall–Kier alpha value is -2.84. The van der Waals surface area contributed by atoms with Gasteiger partial charge in [0.15, 0.2) is 5.82 Å². The summed E-state index contributed by atoms with van der Waals surface area (Å²) in [5, 5.41) is 8.81. The van der Waals surface area contributed by atoms with Gasteiger partial charge in [-0.2, -0.15) is 0 Å². The van der Waals surface area contributed by atoms with E-state index in [1.165, 1.54) is 6.33 Å². The Labute approximate surface area is 170 Å². The van der Waals surface area contributed by atoms with Crippen LogP contribution in [0.15, 0.2) is 18.6 Å². The van der Waals surface area contributed by atoms with Crippen molar-refractivity contribution < 1.29 is 9.59 Å². The number of hydrogen-bond donors (Lipinski definition) is 0. The Balaban J connectivity index is 1.39. The minimum absolute atomic E-state index is 0.111. The second kappa shape index (κ2) is 8.26. The molecule has 2 aromatic heterocycles. The van der Waals surface area contributed by atoms with Gasteiger partial charge < -0.3 is 14.4 Å². The number of carbonyl (C=O) groups excluding carboxylic acids is 2. The average molecular weight is 397 g/mol. The molecule has 154 valence electrons. The van der Waals surface area contributed by atoms with E-state index in [2.05, 4.69) is 38.6 Å². The summed E-state index contributed by atoms with van der Waals surface area (Å²) in [4.78, 5) is 36.6. The second-order valence-electron chi connectivity index (χ2n) is 8.20. The van der Waals surface area contributed by atoms with Gasteiger partial charge in [0.2, 0.25) is 5.91 Å². The lowest BCUT2D eigenvalue weighted by Gasteiger charge is -2.33. The van der Waals surface area contributed by atoms with E-state index in [9.17, 15) is 9.59 Å². The molecule has 1 fully saturated rings. The molecule has 2 aliphatic heterocycles. The molecule has 4 rings (SSSR count). The summed E-state index contributed by atoms with van der Waals surface area (Å²) in [6.07, 6.45) is 5.39. The Morgan fingerprint density at radius 2 is 1.90 bits per heavy atom. The third-order valence-electron chi connectivity index (χ3n) is 5.67. The van der Waals surface area contributed by atoms with Gasteiger partial charge in [-0.15, -0.1) is 10.2 Å². The van der Waals surface area contributed by atoms with E-state index in [4.69, 9.17) is 0 Å². The van der Waals surface area contributed by atoms with Crippen LogP contribution in [-0.2, 0) is 17.9 Å². The normalized spacial score (nSPS) is 17.5. The first-order valence-corrected chi connectivity index (χ1v) is 10.3. The maximum absolute atomic E-state index is 12.6. The maximum Gasteiger partial charge on any atom is 0.273 e. The number of hydrogen-bond acceptors (Lipinski definition) is 6. The van der Waals surface area contributed by atoms with E-state index in [1.807, 2.05) is 4.90 Å². The third-order valence-corrected chi connectivity index (χ3v) is 5.67. The fourth-order valence-corrected chi connectivity index (χ4v) is 4.10. The van der Waals surface area contributed by atoms with Gasteiger partial charge >= 0.3 is 0 Å². The van der Waals surface area contributed by atoms with Gasteiger partial charge in [0, 0.05) is 44.7 Å². The molecule has 0 aromatic carbocycles. The van der Waals surface area contributed by atoms with Crippen molar-refractivity contribution in [2.24, 2.45) is 5.92 Å². The van der Waals surface area contributed by atoms with Crippen LogP contribution in [0.4, 0.5) is 0 Å². The van der Waals surface area contributed by atoms with Gasteiger partial charge in [0.25, 0.3) is 5.91 Å². The smallest absolute Gasteiger partial charge is 0.273 e. The second-order valence-corrected chi connectivity index (χ2v) is 8.20. The van der Waals surface area contributed by atoms with Crippen molar-refractivity contribution in [3.63, 3.8) is 0 Å². The average Bonchev–Trinajstić information content (AvgIpc) is 3.16. The molecule has 0 unspecified atom stereocenters. The molecule has 0 atom stereocenters. The predicted molar refractivity (Wildman–Crippen MR) is 105 cm³/mol. The number of fused-ring (bicyclic) bond motifs is 1. The van der Waals surface area contributed by atoms with Gasteiger partial charge in [-0.05, 0) is 24.8 Å². The van der Waals surface area contributed by atoms with Gasteiger partial charge in [0.05, 0.1) is 6.54 Å². The van der Waals surface area contributed by atoms with E-state index in [-0.39, 0.29) is 11.8 Å². The standard InChI is InChI=1S/C20H27N7O2/c1-14(2)11-18(28)25-7-4-15(5-8-25)19-24-23-17-12-26(9-10-27(17)19)20(29)16-3-6-21-13-22-16/h3,6,13-15H,4-5,7-12H2,1-2H3. The quantitative estimate of drug-likeness (QED) is 0.775. The summed E-state index contributed by atoms with van der Waals surface area (Å²) < 4.78 is 2.15. The zero-order valence-corrected chi connectivity index (χ0v) is 17.0. The highest BCUT2D eigenvalue weighted by molar-refractivity contribution is 5.92. The van der Waals surface area contributed by atoms with Gasteiger partial charge in [-0.3, -0.25) is 9.59 Å². The topological polar surface area (TPSA) is 97.1 Å². The number of amides is 2. The van der Waals surface area contributed by atoms with Crippen molar-refractivity contribution in [1.82, 2.24) is 34.5 Å². The minimum atomic E-state index is -0.111. The molecular weight excluding hydrogens is 370 g/mol. The van der Waals surface area contributed by atoms with Crippen LogP contribution >= 0.6 is 0 Å². The first-order valence-electron chi connectivity index (χ1n) is 10.3. The summed E-state index contributed by atoms with van der Waals surface area (Å²) >= 11 is 0. The number of piperidine rings is 1. The van der Waals surface area contributed by atoms with Crippen LogP contribution in [0.1, 0.15) is 61.2 Å². The van der Waals surface area contributed by atoms with Gasteiger partial charge in [0.1, 0.15) is 17.8 Å². The Bertz CT molecular complexity index is 872. The maximum atomic E-state index is 12.6. The highest BCUT2D eigenvalue weighted by Crippen LogP contribution is 2.29. The van der Waals surface area contributed by atoms with Crippen LogP contribution in [0.25, 0.3) is 0 Å². The zero-order valence-electron chi connectivity index (χ0n) is 17.0. The van der Waals surface area contributed by atoms with Crippen LogP contribution in [0.3, 0.4) is 0 Å². The molecule has 0 saturated carbocycles. The summed E-state index contributed by atoms with van der Waals surface area (Å²) in [7, 11) is 0. The van der Waals surface area contributed by atoms with Gasteiger partial charge in [-0.1, -0.05) is 13.8 Å². The molecule has 0 spiro atoms. The number of nitrogens with zero attached hydrogens (tertiary/aromatic N) is 7. The summed E-state index contributed by atoms with van der Waals surface area (Å²) in [5.41, 5.74) is 0.395. The molecule has 2 amide bonds. The van der Waals surface area contributed by atoms with Crippen LogP contribution in [0.5, 0.6) is 0 Å². The Kier molecular flexibility index (Phi) is 5.55. The molecule has 0 bridgehead atoms. The number of carbonyl (C=O) groups is 2. The minimum Gasteiger partial charge on any atom is -0.343 e. The first kappa shape index (κ1) is 19.5. The van der Waals surface area contributed by atoms with Crippen LogP contribution < -0.4 is 0 Å². The molecule has 2 aromatic rings. The van der Waals surface area contributed by atoms with Crippen molar-refractivity contribution in [1.29, 1.82) is 0 Å². The third kappa shape index (κ3) is 4.13. The lowest BCUT2D eigenvalue weighted by atomic mass is 9.95. The van der Waals surface area contributed by atoms with Crippen molar-refractivity contribution in [3.05, 3.63) is 35.9 Å². The van der Waals surface area contributed by atoms with Crippen molar-refractivity contribution in [2.75, 3.05) is 19.6 Å². The van der Waals surface area contributed by atoms with Gasteiger partial charge in [-0.25, -0.2) is 9.97 Å². The first-order chi connectivity index (χ1) is 14.0. The highest BCUT2D eigenvalue weighted by atomic mass is 16.2. The molecule has 2 aliphatic rings. The fourth-order valence-electron chi connectivity index (χ4n) is 4.10. The van der Waals surface area contributed by atoms with E-state index in [1.54, 1.807) is 17.2 Å². The van der Waals surface area contributed by atoms with E-state index in [0.717, 1.165) is 37.6 Å². The fraction of sp³-hybridized carbons (Fsp3) is 0.600. The molecular formula is C20H27N7O2. The van der Waals surface area contributed by atoms with E-state index >= 15 is 0 Å². The molecule has 0 aliphatic carbocycles. The number of likely N-dealkylation sites (tertiary alicyclic amines) is 1. The predicted octanol–water partition coefficient (Wildman–Crippen LogP) is 1.48. The van der Waals surface area contributed by atoms with Crippen LogP contribution in [0.2, 0.25) is 0 Å². The SMILES string of the molecule is CC(C)CC(=O)N1CCC(c2nnc3n2CCN(C(=O)c2ccncn2)C3)CC1.